The number of carbonyl (C=O) groups excluding carboxylic acids is 1. The van der Waals surface area contributed by atoms with Gasteiger partial charge >= 0.3 is 12.0 Å². The van der Waals surface area contributed by atoms with Crippen molar-refractivity contribution in [1.82, 2.24) is 10.2 Å². The zero-order chi connectivity index (χ0) is 16.0. The first-order valence-electron chi connectivity index (χ1n) is 8.13. The second-order valence-corrected chi connectivity index (χ2v) is 6.53. The minimum Gasteiger partial charge on any atom is -0.481 e. The fraction of sp³-hybridized carbons (Fsp3) is 0.875. The molecule has 0 spiro atoms. The number of aliphatic carboxylic acids is 1. The Kier molecular flexibility index (Phi) is 6.49. The number of hydrogen-bond acceptors (Lipinski definition) is 2. The van der Waals surface area contributed by atoms with Gasteiger partial charge in [0, 0.05) is 19.1 Å². The van der Waals surface area contributed by atoms with Crippen molar-refractivity contribution in [1.29, 1.82) is 0 Å². The third-order valence-electron chi connectivity index (χ3n) is 4.96. The van der Waals surface area contributed by atoms with Gasteiger partial charge in [0.25, 0.3) is 0 Å². The summed E-state index contributed by atoms with van der Waals surface area (Å²) in [4.78, 5) is 25.4. The summed E-state index contributed by atoms with van der Waals surface area (Å²) in [6.07, 6.45) is 3.81. The maximum Gasteiger partial charge on any atom is 0.317 e. The van der Waals surface area contributed by atoms with Gasteiger partial charge in [-0.2, -0.15) is 0 Å². The summed E-state index contributed by atoms with van der Waals surface area (Å²) in [6, 6.07) is 0.102. The van der Waals surface area contributed by atoms with Crippen molar-refractivity contribution in [2.45, 2.75) is 65.8 Å². The van der Waals surface area contributed by atoms with Crippen LogP contribution >= 0.6 is 0 Å². The summed E-state index contributed by atoms with van der Waals surface area (Å²) in [5.74, 6) is -0.128. The third kappa shape index (κ3) is 4.61. The van der Waals surface area contributed by atoms with Gasteiger partial charge in [-0.3, -0.25) is 4.79 Å². The number of carbonyl (C=O) groups is 2. The first-order chi connectivity index (χ1) is 9.84. The van der Waals surface area contributed by atoms with E-state index in [0.29, 0.717) is 38.3 Å². The first kappa shape index (κ1) is 17.8. The number of nitrogens with one attached hydrogen (secondary N) is 1. The maximum atomic E-state index is 12.2. The Hall–Kier alpha value is -1.26. The van der Waals surface area contributed by atoms with Gasteiger partial charge in [0.2, 0.25) is 0 Å². The fourth-order valence-electron chi connectivity index (χ4n) is 2.99. The molecule has 2 unspecified atom stereocenters. The summed E-state index contributed by atoms with van der Waals surface area (Å²) in [7, 11) is 0. The molecule has 1 aliphatic heterocycles. The lowest BCUT2D eigenvalue weighted by Crippen LogP contribution is -2.51. The first-order valence-corrected chi connectivity index (χ1v) is 8.13. The van der Waals surface area contributed by atoms with Crippen molar-refractivity contribution in [3.63, 3.8) is 0 Å². The van der Waals surface area contributed by atoms with Gasteiger partial charge in [-0.1, -0.05) is 27.2 Å². The minimum absolute atomic E-state index is 0.0547. The van der Waals surface area contributed by atoms with E-state index in [9.17, 15) is 14.7 Å². The lowest BCUT2D eigenvalue weighted by molar-refractivity contribution is -0.151. The van der Waals surface area contributed by atoms with E-state index in [1.807, 2.05) is 13.8 Å². The number of amides is 2. The highest BCUT2D eigenvalue weighted by molar-refractivity contribution is 5.77. The monoisotopic (exact) mass is 298 g/mol. The number of piperidine rings is 1. The Morgan fingerprint density at radius 3 is 2.24 bits per heavy atom. The van der Waals surface area contributed by atoms with E-state index in [2.05, 4.69) is 19.2 Å². The van der Waals surface area contributed by atoms with Crippen LogP contribution in [-0.2, 0) is 4.79 Å². The molecule has 0 saturated carbocycles. The Morgan fingerprint density at radius 1 is 1.24 bits per heavy atom. The van der Waals surface area contributed by atoms with Crippen molar-refractivity contribution in [2.24, 2.45) is 11.3 Å². The smallest absolute Gasteiger partial charge is 0.317 e. The quantitative estimate of drug-likeness (QED) is 0.791. The zero-order valence-corrected chi connectivity index (χ0v) is 13.8. The predicted octanol–water partition coefficient (Wildman–Crippen LogP) is 3.10. The number of carboxylic acid groups (broad SMARTS) is 1. The number of likely N-dealkylation sites (tertiary alicyclic amines) is 1. The van der Waals surface area contributed by atoms with Crippen molar-refractivity contribution < 1.29 is 14.7 Å². The molecule has 2 atom stereocenters. The Bertz CT molecular complexity index is 363. The van der Waals surface area contributed by atoms with Crippen molar-refractivity contribution in [3.05, 3.63) is 0 Å². The van der Waals surface area contributed by atoms with Crippen LogP contribution < -0.4 is 5.32 Å². The highest BCUT2D eigenvalue weighted by atomic mass is 16.4. The summed E-state index contributed by atoms with van der Waals surface area (Å²) in [6.45, 7) is 9.34. The molecule has 1 rings (SSSR count). The minimum atomic E-state index is -0.727. The van der Waals surface area contributed by atoms with Gasteiger partial charge in [0.15, 0.2) is 0 Å². The Labute approximate surface area is 128 Å². The van der Waals surface area contributed by atoms with Crippen molar-refractivity contribution >= 4 is 12.0 Å². The highest BCUT2D eigenvalue weighted by Gasteiger charge is 2.40. The number of nitrogens with zero attached hydrogens (tertiary/aromatic N) is 1. The molecule has 0 aromatic heterocycles. The van der Waals surface area contributed by atoms with Crippen LogP contribution in [-0.4, -0.2) is 41.1 Å². The van der Waals surface area contributed by atoms with Gasteiger partial charge in [-0.15, -0.1) is 0 Å². The van der Waals surface area contributed by atoms with E-state index < -0.39 is 11.4 Å². The molecular weight excluding hydrogens is 268 g/mol. The Morgan fingerprint density at radius 2 is 1.81 bits per heavy atom. The SMILES string of the molecule is CCC(C)CC(C)NC(=O)N1CCC(CC)(C(=O)O)CC1. The van der Waals surface area contributed by atoms with Crippen LogP contribution in [0.5, 0.6) is 0 Å². The molecule has 5 nitrogen and oxygen atoms in total. The van der Waals surface area contributed by atoms with E-state index >= 15 is 0 Å². The van der Waals surface area contributed by atoms with E-state index in [-0.39, 0.29) is 12.1 Å². The van der Waals surface area contributed by atoms with Gasteiger partial charge in [0.1, 0.15) is 0 Å². The van der Waals surface area contributed by atoms with Crippen LogP contribution in [0.25, 0.3) is 0 Å². The van der Waals surface area contributed by atoms with Gasteiger partial charge in [-0.05, 0) is 38.5 Å². The van der Waals surface area contributed by atoms with E-state index in [1.165, 1.54) is 0 Å². The molecule has 1 heterocycles. The van der Waals surface area contributed by atoms with E-state index in [1.54, 1.807) is 4.90 Å². The molecule has 0 aliphatic carbocycles. The molecule has 2 amide bonds. The zero-order valence-electron chi connectivity index (χ0n) is 13.8. The molecule has 122 valence electrons. The molecule has 1 aliphatic rings. The Balaban J connectivity index is 2.47. The fourth-order valence-corrected chi connectivity index (χ4v) is 2.99. The third-order valence-corrected chi connectivity index (χ3v) is 4.96. The van der Waals surface area contributed by atoms with Crippen molar-refractivity contribution in [3.8, 4) is 0 Å². The molecule has 0 bridgehead atoms. The molecular formula is C16H30N2O3. The second kappa shape index (κ2) is 7.66. The van der Waals surface area contributed by atoms with Crippen LogP contribution in [0, 0.1) is 11.3 Å². The second-order valence-electron chi connectivity index (χ2n) is 6.53. The average molecular weight is 298 g/mol. The lowest BCUT2D eigenvalue weighted by atomic mass is 9.76. The van der Waals surface area contributed by atoms with E-state index in [4.69, 9.17) is 0 Å². The summed E-state index contributed by atoms with van der Waals surface area (Å²) in [5.41, 5.74) is -0.640. The van der Waals surface area contributed by atoms with Gasteiger partial charge < -0.3 is 15.3 Å². The lowest BCUT2D eigenvalue weighted by Gasteiger charge is -2.38. The maximum absolute atomic E-state index is 12.2. The van der Waals surface area contributed by atoms with Crippen LogP contribution in [0.3, 0.4) is 0 Å². The molecule has 5 heteroatoms. The topological polar surface area (TPSA) is 69.6 Å². The highest BCUT2D eigenvalue weighted by Crippen LogP contribution is 2.35. The van der Waals surface area contributed by atoms with E-state index in [0.717, 1.165) is 12.8 Å². The average Bonchev–Trinajstić information content (AvgIpc) is 2.46. The predicted molar refractivity (Wildman–Crippen MR) is 83.2 cm³/mol. The van der Waals surface area contributed by atoms with Crippen LogP contribution in [0.4, 0.5) is 4.79 Å². The largest absolute Gasteiger partial charge is 0.481 e. The standard InChI is InChI=1S/C16H30N2O3/c1-5-12(3)11-13(4)17-15(21)18-9-7-16(6-2,8-10-18)14(19)20/h12-13H,5-11H2,1-4H3,(H,17,21)(H,19,20). The number of rotatable bonds is 6. The molecule has 1 saturated heterocycles. The molecule has 2 N–H and O–H groups in total. The summed E-state index contributed by atoms with van der Waals surface area (Å²) in [5, 5.41) is 12.4. The summed E-state index contributed by atoms with van der Waals surface area (Å²) >= 11 is 0. The molecule has 1 fully saturated rings. The van der Waals surface area contributed by atoms with Gasteiger partial charge in [0.05, 0.1) is 5.41 Å². The molecule has 0 aromatic carbocycles. The van der Waals surface area contributed by atoms with Crippen molar-refractivity contribution in [2.75, 3.05) is 13.1 Å². The van der Waals surface area contributed by atoms with Crippen LogP contribution in [0.2, 0.25) is 0 Å². The summed E-state index contributed by atoms with van der Waals surface area (Å²) < 4.78 is 0. The molecule has 0 radical (unpaired) electrons. The molecule has 21 heavy (non-hydrogen) atoms. The van der Waals surface area contributed by atoms with Crippen LogP contribution in [0.1, 0.15) is 59.8 Å². The number of carboxylic acids is 1. The normalized spacial score (nSPS) is 20.7. The van der Waals surface area contributed by atoms with Crippen LogP contribution in [0.15, 0.2) is 0 Å². The molecule has 0 aromatic rings. The number of urea groups is 1. The number of hydrogen-bond donors (Lipinski definition) is 2. The van der Waals surface area contributed by atoms with Gasteiger partial charge in [-0.25, -0.2) is 4.79 Å².